The molecule has 0 unspecified atom stereocenters. The number of piperidine rings is 1. The van der Waals surface area contributed by atoms with Gasteiger partial charge >= 0.3 is 0 Å². The van der Waals surface area contributed by atoms with Crippen molar-refractivity contribution in [2.45, 2.75) is 70.3 Å². The van der Waals surface area contributed by atoms with Crippen molar-refractivity contribution in [1.82, 2.24) is 25.1 Å². The van der Waals surface area contributed by atoms with Gasteiger partial charge in [-0.1, -0.05) is 35.9 Å². The van der Waals surface area contributed by atoms with E-state index in [1.807, 2.05) is 24.3 Å². The van der Waals surface area contributed by atoms with Crippen LogP contribution in [-0.2, 0) is 31.9 Å². The number of halogens is 1. The summed E-state index contributed by atoms with van der Waals surface area (Å²) < 4.78 is 23.4. The molecule has 1 amide bonds. The quantitative estimate of drug-likeness (QED) is 0.108. The number of Topliss-reactive ketones (excluding diaryl/α,β-unsaturated/α-hetero) is 2. The standard InChI is InChI=1S/C46H65ClN8O7/c47-43-45(49)52-44(48)42(51-43)46(58)50-37-8-5-27-55(32-37,25-3-6-35-11-15-40(16-12-35)61-33-38(56)9-1-19-53-21-28-59-29-22-53)26-4-7-36-13-17-41(18-14-36)62-34-39(57)10-2-20-54-23-30-60-31-24-54/h11-18,37H,1-10,19-34H2,(H4-,48,49,50,52,58)/p+1/t37-/m0/s1. The number of nitrogens with one attached hydrogen (secondary N) is 1. The predicted octanol–water partition coefficient (Wildman–Crippen LogP) is 4.39. The molecule has 0 spiro atoms. The Bertz CT molecular complexity index is 1780. The molecule has 0 saturated carbocycles. The van der Waals surface area contributed by atoms with Crippen LogP contribution in [0, 0.1) is 0 Å². The Morgan fingerprint density at radius 2 is 1.23 bits per heavy atom. The maximum absolute atomic E-state index is 13.4. The van der Waals surface area contributed by atoms with E-state index < -0.39 is 5.91 Å². The number of hydrogen-bond acceptors (Lipinski definition) is 13. The van der Waals surface area contributed by atoms with Crippen molar-refractivity contribution < 1.29 is 37.8 Å². The van der Waals surface area contributed by atoms with Crippen LogP contribution >= 0.6 is 11.6 Å². The molecule has 1 aromatic heterocycles. The van der Waals surface area contributed by atoms with Gasteiger partial charge in [-0.25, -0.2) is 9.97 Å². The van der Waals surface area contributed by atoms with Crippen LogP contribution in [0.5, 0.6) is 11.5 Å². The van der Waals surface area contributed by atoms with Crippen LogP contribution in [0.4, 0.5) is 11.6 Å². The molecule has 62 heavy (non-hydrogen) atoms. The molecule has 0 bridgehead atoms. The van der Waals surface area contributed by atoms with Crippen molar-refractivity contribution in [3.8, 4) is 11.5 Å². The van der Waals surface area contributed by atoms with Crippen molar-refractivity contribution in [3.63, 3.8) is 0 Å². The van der Waals surface area contributed by atoms with Crippen LogP contribution in [0.2, 0.25) is 5.15 Å². The number of quaternary nitrogens is 1. The highest BCUT2D eigenvalue weighted by atomic mass is 35.5. The third kappa shape index (κ3) is 15.5. The van der Waals surface area contributed by atoms with Gasteiger partial charge in [0.25, 0.3) is 5.91 Å². The number of aromatic nitrogens is 2. The molecular weight excluding hydrogens is 812 g/mol. The van der Waals surface area contributed by atoms with Gasteiger partial charge in [-0.3, -0.25) is 24.2 Å². The summed E-state index contributed by atoms with van der Waals surface area (Å²) in [5.74, 6) is 1.15. The minimum absolute atomic E-state index is 0.0139. The zero-order chi connectivity index (χ0) is 43.6. The zero-order valence-electron chi connectivity index (χ0n) is 36.2. The van der Waals surface area contributed by atoms with E-state index in [0.717, 1.165) is 148 Å². The number of nitrogens with zero attached hydrogens (tertiary/aromatic N) is 5. The van der Waals surface area contributed by atoms with Gasteiger partial charge in [0, 0.05) is 51.9 Å². The number of carbonyl (C=O) groups is 3. The molecular formula is C46H66ClN8O7+. The smallest absolute Gasteiger partial charge is 0.274 e. The summed E-state index contributed by atoms with van der Waals surface area (Å²) in [6.07, 6.45) is 8.22. The van der Waals surface area contributed by atoms with Crippen LogP contribution in [-0.4, -0.2) is 153 Å². The molecule has 16 heteroatoms. The highest BCUT2D eigenvalue weighted by Gasteiger charge is 2.36. The lowest BCUT2D eigenvalue weighted by Crippen LogP contribution is -2.60. The number of likely N-dealkylation sites (tertiary alicyclic amines) is 1. The molecule has 3 aliphatic heterocycles. The first-order valence-corrected chi connectivity index (χ1v) is 22.8. The van der Waals surface area contributed by atoms with Crippen molar-refractivity contribution in [2.75, 3.05) is 117 Å². The maximum Gasteiger partial charge on any atom is 0.274 e. The molecule has 1 atom stereocenters. The average Bonchev–Trinajstić information content (AvgIpc) is 3.28. The van der Waals surface area contributed by atoms with Crippen LogP contribution in [0.3, 0.4) is 0 Å². The molecule has 3 fully saturated rings. The van der Waals surface area contributed by atoms with Crippen molar-refractivity contribution >= 4 is 40.7 Å². The SMILES string of the molecule is Nc1nc(N)c(C(=O)N[C@H]2CCC[N+](CCCc3ccc(OCC(=O)CCCN4CCOCC4)cc3)(CCCc3ccc(OCC(=O)CCCN4CCOCC4)cc3)C2)nc1Cl. The lowest BCUT2D eigenvalue weighted by Gasteiger charge is -2.45. The minimum atomic E-state index is -0.407. The lowest BCUT2D eigenvalue weighted by atomic mass is 9.99. The van der Waals surface area contributed by atoms with Crippen molar-refractivity contribution in [3.05, 3.63) is 70.5 Å². The van der Waals surface area contributed by atoms with Gasteiger partial charge in [0.05, 0.1) is 58.6 Å². The van der Waals surface area contributed by atoms with E-state index >= 15 is 0 Å². The summed E-state index contributed by atoms with van der Waals surface area (Å²) in [4.78, 5) is 51.1. The Morgan fingerprint density at radius 3 is 1.73 bits per heavy atom. The number of ether oxygens (including phenoxy) is 4. The topological polar surface area (TPSA) is 184 Å². The van der Waals surface area contributed by atoms with E-state index in [1.54, 1.807) is 0 Å². The lowest BCUT2D eigenvalue weighted by molar-refractivity contribution is -0.933. The van der Waals surface area contributed by atoms with Crippen molar-refractivity contribution in [2.24, 2.45) is 0 Å². The van der Waals surface area contributed by atoms with E-state index in [4.69, 9.17) is 42.0 Å². The van der Waals surface area contributed by atoms with E-state index in [9.17, 15) is 14.4 Å². The van der Waals surface area contributed by atoms with Crippen LogP contribution < -0.4 is 26.3 Å². The summed E-state index contributed by atoms with van der Waals surface area (Å²) in [5, 5.41) is 3.12. The molecule has 0 radical (unpaired) electrons. The molecule has 0 aliphatic carbocycles. The van der Waals surface area contributed by atoms with E-state index in [2.05, 4.69) is 49.4 Å². The average molecular weight is 879 g/mol. The first-order chi connectivity index (χ1) is 30.1. The van der Waals surface area contributed by atoms with Gasteiger partial charge in [-0.15, -0.1) is 0 Å². The van der Waals surface area contributed by atoms with Gasteiger partial charge in [-0.2, -0.15) is 0 Å². The maximum atomic E-state index is 13.4. The Morgan fingerprint density at radius 1 is 0.726 bits per heavy atom. The van der Waals surface area contributed by atoms with E-state index in [0.29, 0.717) is 24.3 Å². The molecule has 6 rings (SSSR count). The number of ketones is 2. The van der Waals surface area contributed by atoms with Crippen LogP contribution in [0.15, 0.2) is 48.5 Å². The molecule has 3 saturated heterocycles. The van der Waals surface area contributed by atoms with E-state index in [1.165, 1.54) is 11.1 Å². The summed E-state index contributed by atoms with van der Waals surface area (Å²) >= 11 is 6.10. The monoisotopic (exact) mass is 877 g/mol. The molecule has 5 N–H and O–H groups in total. The summed E-state index contributed by atoms with van der Waals surface area (Å²) in [6, 6.07) is 16.1. The third-order valence-electron chi connectivity index (χ3n) is 12.2. The Kier molecular flexibility index (Phi) is 18.6. The zero-order valence-corrected chi connectivity index (χ0v) is 37.0. The molecule has 15 nitrogen and oxygen atoms in total. The van der Waals surface area contributed by atoms with Gasteiger partial charge in [0.2, 0.25) is 0 Å². The Balaban J connectivity index is 0.980. The number of aryl methyl sites for hydroxylation is 2. The number of hydrogen-bond donors (Lipinski definition) is 3. The first-order valence-electron chi connectivity index (χ1n) is 22.4. The second-order valence-electron chi connectivity index (χ2n) is 16.9. The summed E-state index contributed by atoms with van der Waals surface area (Å²) in [5.41, 5.74) is 14.2. The first kappa shape index (κ1) is 47.1. The molecule has 3 aromatic rings. The number of benzene rings is 2. The van der Waals surface area contributed by atoms with Crippen molar-refractivity contribution in [1.29, 1.82) is 0 Å². The fraction of sp³-hybridized carbons (Fsp3) is 0.587. The highest BCUT2D eigenvalue weighted by Crippen LogP contribution is 2.25. The fourth-order valence-electron chi connectivity index (χ4n) is 8.68. The fourth-order valence-corrected chi connectivity index (χ4v) is 8.81. The molecule has 3 aliphatic rings. The highest BCUT2D eigenvalue weighted by molar-refractivity contribution is 6.31. The number of morpholine rings is 2. The van der Waals surface area contributed by atoms with Crippen LogP contribution in [0.1, 0.15) is 73.0 Å². The Hall–Kier alpha value is -4.38. The molecule has 2 aromatic carbocycles. The number of anilines is 2. The summed E-state index contributed by atoms with van der Waals surface area (Å²) in [7, 11) is 0. The summed E-state index contributed by atoms with van der Waals surface area (Å²) in [6.45, 7) is 12.5. The number of rotatable bonds is 24. The number of amides is 1. The number of nitrogen functional groups attached to an aromatic ring is 2. The van der Waals surface area contributed by atoms with Crippen LogP contribution in [0.25, 0.3) is 0 Å². The molecule has 4 heterocycles. The number of carbonyl (C=O) groups excluding carboxylic acids is 3. The number of nitrogens with two attached hydrogens (primary N) is 2. The van der Waals surface area contributed by atoms with Gasteiger partial charge in [0.1, 0.15) is 24.7 Å². The van der Waals surface area contributed by atoms with Gasteiger partial charge in [-0.05, 0) is 87.0 Å². The normalized spacial score (nSPS) is 18.2. The predicted molar refractivity (Wildman–Crippen MR) is 240 cm³/mol. The third-order valence-corrected chi connectivity index (χ3v) is 12.4. The van der Waals surface area contributed by atoms with Gasteiger partial charge in [0.15, 0.2) is 34.0 Å². The second-order valence-corrected chi connectivity index (χ2v) is 17.3. The largest absolute Gasteiger partial charge is 0.486 e. The molecule has 338 valence electrons. The Labute approximate surface area is 371 Å². The van der Waals surface area contributed by atoms with Gasteiger partial charge < -0.3 is 40.2 Å². The van der Waals surface area contributed by atoms with E-state index in [-0.39, 0.29) is 53.3 Å². The minimum Gasteiger partial charge on any atom is -0.486 e. The second kappa shape index (κ2) is 24.5.